The Morgan fingerprint density at radius 1 is 1.50 bits per heavy atom. The summed E-state index contributed by atoms with van der Waals surface area (Å²) in [6.45, 7) is 4.63. The predicted octanol–water partition coefficient (Wildman–Crippen LogP) is 0.787. The van der Waals surface area contributed by atoms with Crippen LogP contribution in [-0.2, 0) is 11.3 Å². The molecule has 1 amide bonds. The van der Waals surface area contributed by atoms with Gasteiger partial charge in [-0.1, -0.05) is 6.92 Å². The molecule has 110 valence electrons. The zero-order chi connectivity index (χ0) is 14.5. The van der Waals surface area contributed by atoms with Gasteiger partial charge in [-0.05, 0) is 31.5 Å². The van der Waals surface area contributed by atoms with Crippen molar-refractivity contribution >= 4 is 11.9 Å². The molecule has 6 nitrogen and oxygen atoms in total. The second kappa shape index (κ2) is 6.56. The fraction of sp³-hybridized carbons (Fsp3) is 0.571. The Morgan fingerprint density at radius 2 is 2.25 bits per heavy atom. The van der Waals surface area contributed by atoms with Gasteiger partial charge >= 0.3 is 5.97 Å². The molecule has 0 spiro atoms. The van der Waals surface area contributed by atoms with E-state index >= 15 is 0 Å². The van der Waals surface area contributed by atoms with Gasteiger partial charge in [-0.25, -0.2) is 4.79 Å². The fourth-order valence-electron chi connectivity index (χ4n) is 2.33. The molecule has 0 atom stereocenters. The molecule has 20 heavy (non-hydrogen) atoms. The fourth-order valence-corrected chi connectivity index (χ4v) is 2.33. The molecule has 1 fully saturated rings. The molecule has 2 rings (SSSR count). The third kappa shape index (κ3) is 3.84. The highest BCUT2D eigenvalue weighted by atomic mass is 16.4. The molecule has 2 N–H and O–H groups in total. The maximum atomic E-state index is 11.8. The first-order valence-electron chi connectivity index (χ1n) is 7.01. The van der Waals surface area contributed by atoms with Crippen molar-refractivity contribution in [3.8, 4) is 0 Å². The normalized spacial score (nSPS) is 14.5. The van der Waals surface area contributed by atoms with Crippen LogP contribution in [0.2, 0.25) is 0 Å². The molecule has 0 radical (unpaired) electrons. The third-order valence-corrected chi connectivity index (χ3v) is 3.55. The van der Waals surface area contributed by atoms with Gasteiger partial charge in [0.05, 0.1) is 0 Å². The van der Waals surface area contributed by atoms with Gasteiger partial charge in [0, 0.05) is 25.3 Å². The van der Waals surface area contributed by atoms with E-state index in [2.05, 4.69) is 17.1 Å². The van der Waals surface area contributed by atoms with Crippen LogP contribution in [0, 0.1) is 0 Å². The van der Waals surface area contributed by atoms with Gasteiger partial charge in [0.15, 0.2) is 0 Å². The van der Waals surface area contributed by atoms with E-state index in [1.54, 1.807) is 12.3 Å². The predicted molar refractivity (Wildman–Crippen MR) is 74.7 cm³/mol. The molecule has 0 unspecified atom stereocenters. The van der Waals surface area contributed by atoms with Crippen LogP contribution in [0.25, 0.3) is 0 Å². The minimum Gasteiger partial charge on any atom is -0.477 e. The highest BCUT2D eigenvalue weighted by molar-refractivity contribution is 5.86. The molecule has 0 aliphatic heterocycles. The van der Waals surface area contributed by atoms with E-state index in [9.17, 15) is 9.59 Å². The van der Waals surface area contributed by atoms with Crippen molar-refractivity contribution in [3.05, 3.63) is 24.0 Å². The quantitative estimate of drug-likeness (QED) is 0.737. The monoisotopic (exact) mass is 279 g/mol. The number of nitrogens with one attached hydrogen (secondary N) is 1. The van der Waals surface area contributed by atoms with Crippen LogP contribution < -0.4 is 5.32 Å². The van der Waals surface area contributed by atoms with Crippen LogP contribution in [0.1, 0.15) is 30.3 Å². The molecule has 1 saturated carbocycles. The summed E-state index contributed by atoms with van der Waals surface area (Å²) in [4.78, 5) is 25.1. The number of aromatic nitrogens is 1. The molecule has 1 heterocycles. The molecule has 0 bridgehead atoms. The summed E-state index contributed by atoms with van der Waals surface area (Å²) < 4.78 is 1.44. The summed E-state index contributed by atoms with van der Waals surface area (Å²) in [6, 6.07) is 3.81. The first-order chi connectivity index (χ1) is 9.61. The van der Waals surface area contributed by atoms with Gasteiger partial charge < -0.3 is 15.0 Å². The SMILES string of the molecule is CCN(CCNC(=O)Cn1cccc1C(=O)O)C1CC1. The van der Waals surface area contributed by atoms with Gasteiger partial charge in [0.25, 0.3) is 0 Å². The van der Waals surface area contributed by atoms with Crippen molar-refractivity contribution < 1.29 is 14.7 Å². The standard InChI is InChI=1S/C14H21N3O3/c1-2-16(11-5-6-11)9-7-15-13(18)10-17-8-3-4-12(17)14(19)20/h3-4,8,11H,2,5-7,9-10H2,1H3,(H,15,18)(H,19,20). The van der Waals surface area contributed by atoms with Crippen LogP contribution in [-0.4, -0.2) is 52.1 Å². The average Bonchev–Trinajstić information content (AvgIpc) is 3.14. The maximum Gasteiger partial charge on any atom is 0.352 e. The third-order valence-electron chi connectivity index (χ3n) is 3.55. The Labute approximate surface area is 118 Å². The van der Waals surface area contributed by atoms with E-state index in [-0.39, 0.29) is 18.1 Å². The molecule has 0 aromatic carbocycles. The average molecular weight is 279 g/mol. The number of hydrogen-bond donors (Lipinski definition) is 2. The van der Waals surface area contributed by atoms with Crippen molar-refractivity contribution in [1.29, 1.82) is 0 Å². The smallest absolute Gasteiger partial charge is 0.352 e. The van der Waals surface area contributed by atoms with Crippen molar-refractivity contribution in [2.24, 2.45) is 0 Å². The summed E-state index contributed by atoms with van der Waals surface area (Å²) in [5.74, 6) is -1.18. The Kier molecular flexibility index (Phi) is 4.79. The number of aromatic carboxylic acids is 1. The van der Waals surface area contributed by atoms with E-state index in [1.165, 1.54) is 23.5 Å². The largest absolute Gasteiger partial charge is 0.477 e. The lowest BCUT2D eigenvalue weighted by Gasteiger charge is -2.19. The summed E-state index contributed by atoms with van der Waals surface area (Å²) in [7, 11) is 0. The first kappa shape index (κ1) is 14.6. The number of rotatable bonds is 8. The van der Waals surface area contributed by atoms with Crippen LogP contribution in [0.5, 0.6) is 0 Å². The summed E-state index contributed by atoms with van der Waals surface area (Å²) in [5, 5.41) is 11.8. The van der Waals surface area contributed by atoms with Crippen molar-refractivity contribution in [3.63, 3.8) is 0 Å². The lowest BCUT2D eigenvalue weighted by molar-refractivity contribution is -0.121. The van der Waals surface area contributed by atoms with E-state index in [4.69, 9.17) is 5.11 Å². The number of carbonyl (C=O) groups excluding carboxylic acids is 1. The van der Waals surface area contributed by atoms with Gasteiger partial charge in [0.1, 0.15) is 12.2 Å². The van der Waals surface area contributed by atoms with Crippen molar-refractivity contribution in [2.45, 2.75) is 32.4 Å². The van der Waals surface area contributed by atoms with Crippen molar-refractivity contribution in [1.82, 2.24) is 14.8 Å². The van der Waals surface area contributed by atoms with Gasteiger partial charge in [-0.15, -0.1) is 0 Å². The van der Waals surface area contributed by atoms with Crippen LogP contribution in [0.4, 0.5) is 0 Å². The molecule has 1 aliphatic carbocycles. The number of carbonyl (C=O) groups is 2. The molecule has 6 heteroatoms. The maximum absolute atomic E-state index is 11.8. The van der Waals surface area contributed by atoms with E-state index < -0.39 is 5.97 Å². The summed E-state index contributed by atoms with van der Waals surface area (Å²) in [5.41, 5.74) is 0.133. The molecule has 1 aromatic heterocycles. The number of nitrogens with zero attached hydrogens (tertiary/aromatic N) is 2. The van der Waals surface area contributed by atoms with Crippen LogP contribution >= 0.6 is 0 Å². The second-order valence-corrected chi connectivity index (χ2v) is 5.04. The lowest BCUT2D eigenvalue weighted by Crippen LogP contribution is -2.37. The zero-order valence-electron chi connectivity index (χ0n) is 11.7. The number of carboxylic acid groups (broad SMARTS) is 1. The number of carboxylic acids is 1. The van der Waals surface area contributed by atoms with Crippen LogP contribution in [0.15, 0.2) is 18.3 Å². The minimum atomic E-state index is -1.02. The summed E-state index contributed by atoms with van der Waals surface area (Å²) in [6.07, 6.45) is 4.12. The van der Waals surface area contributed by atoms with Crippen LogP contribution in [0.3, 0.4) is 0 Å². The van der Waals surface area contributed by atoms with Gasteiger partial charge in [0.2, 0.25) is 5.91 Å². The lowest BCUT2D eigenvalue weighted by atomic mass is 10.4. The topological polar surface area (TPSA) is 74.6 Å². The number of hydrogen-bond acceptors (Lipinski definition) is 3. The minimum absolute atomic E-state index is 0.0458. The molecule has 1 aromatic rings. The Balaban J connectivity index is 1.74. The Hall–Kier alpha value is -1.82. The Morgan fingerprint density at radius 3 is 2.85 bits per heavy atom. The second-order valence-electron chi connectivity index (χ2n) is 5.04. The molecular weight excluding hydrogens is 258 g/mol. The van der Waals surface area contributed by atoms with E-state index in [0.717, 1.165) is 13.1 Å². The molecule has 1 aliphatic rings. The highest BCUT2D eigenvalue weighted by Crippen LogP contribution is 2.25. The molecular formula is C14H21N3O3. The first-order valence-corrected chi connectivity index (χ1v) is 7.01. The Bertz CT molecular complexity index is 480. The zero-order valence-corrected chi connectivity index (χ0v) is 11.7. The highest BCUT2D eigenvalue weighted by Gasteiger charge is 2.27. The number of amides is 1. The number of likely N-dealkylation sites (N-methyl/N-ethyl adjacent to an activating group) is 1. The van der Waals surface area contributed by atoms with Gasteiger partial charge in [-0.2, -0.15) is 0 Å². The van der Waals surface area contributed by atoms with Crippen molar-refractivity contribution in [2.75, 3.05) is 19.6 Å². The van der Waals surface area contributed by atoms with Gasteiger partial charge in [-0.3, -0.25) is 9.69 Å². The van der Waals surface area contributed by atoms with E-state index in [0.29, 0.717) is 12.6 Å². The molecule has 0 saturated heterocycles. The summed E-state index contributed by atoms with van der Waals surface area (Å²) >= 11 is 0. The van der Waals surface area contributed by atoms with E-state index in [1.807, 2.05) is 0 Å².